The highest BCUT2D eigenvalue weighted by atomic mass is 32.2. The lowest BCUT2D eigenvalue weighted by Gasteiger charge is -2.23. The van der Waals surface area contributed by atoms with Gasteiger partial charge in [0.1, 0.15) is 0 Å². The molecule has 0 bridgehead atoms. The molecule has 150 valence electrons. The lowest BCUT2D eigenvalue weighted by atomic mass is 10.1. The van der Waals surface area contributed by atoms with Gasteiger partial charge in [-0.3, -0.25) is 19.4 Å². The molecule has 2 aromatic rings. The van der Waals surface area contributed by atoms with Crippen molar-refractivity contribution >= 4 is 46.4 Å². The maximum absolute atomic E-state index is 12.5. The zero-order valence-corrected chi connectivity index (χ0v) is 17.3. The topological polar surface area (TPSA) is 108 Å². The Morgan fingerprint density at radius 2 is 2.07 bits per heavy atom. The number of aromatic amines is 1. The molecule has 3 heterocycles. The van der Waals surface area contributed by atoms with Crippen molar-refractivity contribution in [3.8, 4) is 0 Å². The fourth-order valence-corrected chi connectivity index (χ4v) is 4.59. The molecule has 28 heavy (non-hydrogen) atoms. The number of nitrogens with one attached hydrogen (secondary N) is 4. The van der Waals surface area contributed by atoms with Crippen LogP contribution in [0.4, 0.5) is 11.5 Å². The Kier molecular flexibility index (Phi) is 7.24. The summed E-state index contributed by atoms with van der Waals surface area (Å²) in [5.74, 6) is 0.106. The van der Waals surface area contributed by atoms with Gasteiger partial charge in [0, 0.05) is 6.92 Å². The van der Waals surface area contributed by atoms with Crippen molar-refractivity contribution in [2.75, 3.05) is 36.0 Å². The number of rotatable bonds is 7. The molecule has 10 heteroatoms. The number of piperidine rings is 1. The average molecular weight is 423 g/mol. The Hall–Kier alpha value is -2.17. The molecule has 0 radical (unpaired) electrons. The molecule has 1 aliphatic rings. The maximum atomic E-state index is 12.5. The number of anilines is 2. The maximum Gasteiger partial charge on any atom is 0.277 e. The Balaban J connectivity index is 1.72. The van der Waals surface area contributed by atoms with Gasteiger partial charge in [-0.1, -0.05) is 17.8 Å². The molecule has 0 saturated carbocycles. The van der Waals surface area contributed by atoms with Crippen LogP contribution in [0.1, 0.15) is 35.9 Å². The summed E-state index contributed by atoms with van der Waals surface area (Å²) in [4.78, 5) is 45.5. The van der Waals surface area contributed by atoms with E-state index in [0.717, 1.165) is 12.3 Å². The van der Waals surface area contributed by atoms with Gasteiger partial charge in [-0.2, -0.15) is 0 Å². The molecule has 2 amide bonds. The lowest BCUT2D eigenvalue weighted by Crippen LogP contribution is -3.13. The second-order valence-corrected chi connectivity index (χ2v) is 8.65. The summed E-state index contributed by atoms with van der Waals surface area (Å²) in [5.41, 5.74) is -0.545. The van der Waals surface area contributed by atoms with E-state index in [1.165, 1.54) is 62.4 Å². The van der Waals surface area contributed by atoms with Crippen LogP contribution in [0.15, 0.2) is 27.5 Å². The molecular weight excluding hydrogens is 398 g/mol. The van der Waals surface area contributed by atoms with Crippen LogP contribution >= 0.6 is 23.1 Å². The normalized spacial score (nSPS) is 14.6. The van der Waals surface area contributed by atoms with Crippen molar-refractivity contribution in [1.29, 1.82) is 0 Å². The highest BCUT2D eigenvalue weighted by molar-refractivity contribution is 7.99. The number of amides is 2. The average Bonchev–Trinajstić information content (AvgIpc) is 3.20. The van der Waals surface area contributed by atoms with Gasteiger partial charge in [0.15, 0.2) is 16.7 Å². The van der Waals surface area contributed by atoms with Crippen molar-refractivity contribution in [2.24, 2.45) is 0 Å². The molecule has 0 spiro atoms. The number of hydrogen-bond acceptors (Lipinski definition) is 6. The molecule has 2 aromatic heterocycles. The second kappa shape index (κ2) is 9.85. The van der Waals surface area contributed by atoms with Crippen LogP contribution < -0.4 is 21.1 Å². The van der Waals surface area contributed by atoms with Crippen LogP contribution in [-0.4, -0.2) is 47.2 Å². The van der Waals surface area contributed by atoms with Crippen LogP contribution in [0.2, 0.25) is 0 Å². The molecule has 0 aromatic carbocycles. The summed E-state index contributed by atoms with van der Waals surface area (Å²) in [6.45, 7) is 4.71. The van der Waals surface area contributed by atoms with Crippen molar-refractivity contribution in [3.05, 3.63) is 32.7 Å². The molecule has 3 rings (SSSR count). The van der Waals surface area contributed by atoms with Crippen LogP contribution in [0.3, 0.4) is 0 Å². The summed E-state index contributed by atoms with van der Waals surface area (Å²) in [7, 11) is 0. The van der Waals surface area contributed by atoms with E-state index in [2.05, 4.69) is 20.6 Å². The first-order chi connectivity index (χ1) is 13.5. The molecule has 0 unspecified atom stereocenters. The summed E-state index contributed by atoms with van der Waals surface area (Å²) in [6, 6.07) is 3.41. The number of aromatic nitrogens is 2. The SMILES string of the molecule is CC(=O)Nc1nc(SCC[NH+]2CCCCC2)[nH]c(=O)c1NC(=O)c1cccs1. The van der Waals surface area contributed by atoms with Gasteiger partial charge in [-0.25, -0.2) is 4.98 Å². The van der Waals surface area contributed by atoms with Gasteiger partial charge in [-0.05, 0) is 30.7 Å². The number of nitrogens with zero attached hydrogens (tertiary/aromatic N) is 1. The number of hydrogen-bond donors (Lipinski definition) is 4. The van der Waals surface area contributed by atoms with Gasteiger partial charge >= 0.3 is 0 Å². The molecule has 0 atom stereocenters. The highest BCUT2D eigenvalue weighted by Gasteiger charge is 2.18. The summed E-state index contributed by atoms with van der Waals surface area (Å²) in [6.07, 6.45) is 3.84. The van der Waals surface area contributed by atoms with Crippen LogP contribution in [-0.2, 0) is 4.79 Å². The monoisotopic (exact) mass is 422 g/mol. The van der Waals surface area contributed by atoms with Gasteiger partial charge in [0.05, 0.1) is 30.3 Å². The van der Waals surface area contributed by atoms with Crippen LogP contribution in [0.25, 0.3) is 0 Å². The predicted octanol–water partition coefficient (Wildman–Crippen LogP) is 1.20. The minimum Gasteiger partial charge on any atom is -0.334 e. The Bertz CT molecular complexity index is 876. The number of H-pyrrole nitrogens is 1. The van der Waals surface area contributed by atoms with E-state index in [1.54, 1.807) is 22.4 Å². The number of carbonyl (C=O) groups excluding carboxylic acids is 2. The number of thiophene rings is 1. The largest absolute Gasteiger partial charge is 0.334 e. The molecule has 4 N–H and O–H groups in total. The van der Waals surface area contributed by atoms with E-state index in [4.69, 9.17) is 0 Å². The van der Waals surface area contributed by atoms with E-state index in [9.17, 15) is 14.4 Å². The molecule has 1 aliphatic heterocycles. The Labute approximate surface area is 171 Å². The van der Waals surface area contributed by atoms with Crippen molar-refractivity contribution in [3.63, 3.8) is 0 Å². The fourth-order valence-electron chi connectivity index (χ4n) is 3.07. The first-order valence-corrected chi connectivity index (χ1v) is 11.1. The third kappa shape index (κ3) is 5.66. The number of thioether (sulfide) groups is 1. The molecule has 8 nitrogen and oxygen atoms in total. The molecule has 0 aliphatic carbocycles. The first-order valence-electron chi connectivity index (χ1n) is 9.26. The third-order valence-electron chi connectivity index (χ3n) is 4.43. The number of carbonyl (C=O) groups is 2. The minimum absolute atomic E-state index is 0.0559. The Morgan fingerprint density at radius 3 is 2.75 bits per heavy atom. The second-order valence-electron chi connectivity index (χ2n) is 6.62. The summed E-state index contributed by atoms with van der Waals surface area (Å²) < 4.78 is 0. The van der Waals surface area contributed by atoms with Crippen molar-refractivity contribution < 1.29 is 14.5 Å². The lowest BCUT2D eigenvalue weighted by molar-refractivity contribution is -0.902. The Morgan fingerprint density at radius 1 is 1.29 bits per heavy atom. The summed E-state index contributed by atoms with van der Waals surface area (Å²) >= 11 is 2.71. The molecule has 1 fully saturated rings. The van der Waals surface area contributed by atoms with Gasteiger partial charge in [-0.15, -0.1) is 11.3 Å². The number of quaternary nitrogens is 1. The van der Waals surface area contributed by atoms with Crippen molar-refractivity contribution in [2.45, 2.75) is 31.3 Å². The van der Waals surface area contributed by atoms with Gasteiger partial charge < -0.3 is 15.5 Å². The van der Waals surface area contributed by atoms with E-state index < -0.39 is 11.5 Å². The quantitative estimate of drug-likeness (QED) is 0.396. The molecular formula is C18H24N5O3S2+. The summed E-state index contributed by atoms with van der Waals surface area (Å²) in [5, 5.41) is 7.31. The smallest absolute Gasteiger partial charge is 0.277 e. The third-order valence-corrected chi connectivity index (χ3v) is 6.17. The molecule has 1 saturated heterocycles. The zero-order valence-electron chi connectivity index (χ0n) is 15.7. The standard InChI is InChI=1S/C18H23N5O3S2/c1-12(24)19-15-14(20-16(25)13-6-5-10-27-13)17(26)22-18(21-15)28-11-9-23-7-3-2-4-8-23/h5-6,10H,2-4,7-9,11H2,1H3,(H,20,25)(H2,19,21,22,24,26)/p+1. The van der Waals surface area contributed by atoms with Crippen LogP contribution in [0, 0.1) is 0 Å². The fraction of sp³-hybridized carbons (Fsp3) is 0.444. The predicted molar refractivity (Wildman–Crippen MR) is 112 cm³/mol. The van der Waals surface area contributed by atoms with E-state index in [1.807, 2.05) is 0 Å². The minimum atomic E-state index is -0.489. The van der Waals surface area contributed by atoms with Crippen LogP contribution in [0.5, 0.6) is 0 Å². The van der Waals surface area contributed by atoms with Gasteiger partial charge in [0.2, 0.25) is 5.91 Å². The zero-order chi connectivity index (χ0) is 19.9. The van der Waals surface area contributed by atoms with E-state index in [-0.39, 0.29) is 17.4 Å². The van der Waals surface area contributed by atoms with Gasteiger partial charge in [0.25, 0.3) is 11.5 Å². The van der Waals surface area contributed by atoms with Crippen molar-refractivity contribution in [1.82, 2.24) is 9.97 Å². The highest BCUT2D eigenvalue weighted by Crippen LogP contribution is 2.20. The number of likely N-dealkylation sites (tertiary alicyclic amines) is 1. The van der Waals surface area contributed by atoms with E-state index in [0.29, 0.717) is 10.0 Å². The van der Waals surface area contributed by atoms with E-state index >= 15 is 0 Å². The first kappa shape index (κ1) is 20.6.